The number of fused-ring (bicyclic) bond motifs is 1. The standard InChI is InChI=1S/C32H26N2O8S2/c1-41-32(36)26-17-22-7-3-4-8-23(22)18-29(26)42-28-16-15-24(43(2,37)38)19-27(28)34-31(35)21-13-11-20(12-14-21)25-9-5-6-10-30(25)44(33,39)40/h3-19H,1-2H3,(H,34,35)(H2,33,39,40). The molecule has 0 aromatic heterocycles. The predicted octanol–water partition coefficient (Wildman–Crippen LogP) is 5.39. The van der Waals surface area contributed by atoms with E-state index in [1.165, 1.54) is 43.5 Å². The highest BCUT2D eigenvalue weighted by molar-refractivity contribution is 7.90. The van der Waals surface area contributed by atoms with Gasteiger partial charge in [0.1, 0.15) is 11.3 Å². The molecule has 5 aromatic rings. The number of primary sulfonamides is 1. The van der Waals surface area contributed by atoms with Crippen LogP contribution in [0.5, 0.6) is 11.5 Å². The monoisotopic (exact) mass is 630 g/mol. The van der Waals surface area contributed by atoms with Gasteiger partial charge in [0, 0.05) is 17.4 Å². The molecule has 0 atom stereocenters. The van der Waals surface area contributed by atoms with Crippen molar-refractivity contribution in [2.24, 2.45) is 5.14 Å². The highest BCUT2D eigenvalue weighted by Gasteiger charge is 2.20. The number of nitrogens with one attached hydrogen (secondary N) is 1. The van der Waals surface area contributed by atoms with E-state index in [4.69, 9.17) is 14.6 Å². The molecule has 0 fully saturated rings. The maximum Gasteiger partial charge on any atom is 0.341 e. The molecule has 5 aromatic carbocycles. The fourth-order valence-corrected chi connectivity index (χ4v) is 5.97. The first-order valence-corrected chi connectivity index (χ1v) is 16.5. The van der Waals surface area contributed by atoms with Crippen LogP contribution in [0.1, 0.15) is 20.7 Å². The zero-order valence-electron chi connectivity index (χ0n) is 23.5. The van der Waals surface area contributed by atoms with Crippen molar-refractivity contribution in [2.75, 3.05) is 18.7 Å². The summed E-state index contributed by atoms with van der Waals surface area (Å²) in [5.74, 6) is -1.03. The van der Waals surface area contributed by atoms with Crippen LogP contribution in [-0.4, -0.2) is 42.1 Å². The second-order valence-electron chi connectivity index (χ2n) is 9.79. The van der Waals surface area contributed by atoms with E-state index in [0.717, 1.165) is 17.0 Å². The van der Waals surface area contributed by atoms with Crippen molar-refractivity contribution >= 4 is 48.2 Å². The zero-order chi connectivity index (χ0) is 31.6. The summed E-state index contributed by atoms with van der Waals surface area (Å²) in [5.41, 5.74) is 1.24. The third-order valence-corrected chi connectivity index (χ3v) is 8.83. The summed E-state index contributed by atoms with van der Waals surface area (Å²) in [6, 6.07) is 26.9. The lowest BCUT2D eigenvalue weighted by Gasteiger charge is -2.16. The number of anilines is 1. The first kappa shape index (κ1) is 30.4. The molecule has 0 bridgehead atoms. The van der Waals surface area contributed by atoms with E-state index in [0.29, 0.717) is 11.1 Å². The molecule has 1 amide bonds. The normalized spacial score (nSPS) is 11.6. The minimum absolute atomic E-state index is 0.0329. The third-order valence-electron chi connectivity index (χ3n) is 6.75. The van der Waals surface area contributed by atoms with Crippen molar-refractivity contribution in [3.05, 3.63) is 114 Å². The summed E-state index contributed by atoms with van der Waals surface area (Å²) in [5, 5.41) is 9.60. The molecule has 0 aliphatic heterocycles. The molecule has 0 aliphatic rings. The molecule has 3 N–H and O–H groups in total. The van der Waals surface area contributed by atoms with Crippen LogP contribution in [-0.2, 0) is 24.6 Å². The summed E-state index contributed by atoms with van der Waals surface area (Å²) in [7, 11) is -6.41. The number of nitrogens with two attached hydrogens (primary N) is 1. The van der Waals surface area contributed by atoms with Crippen LogP contribution in [0, 0.1) is 0 Å². The van der Waals surface area contributed by atoms with Crippen LogP contribution in [0.3, 0.4) is 0 Å². The van der Waals surface area contributed by atoms with Gasteiger partial charge in [0.25, 0.3) is 5.91 Å². The summed E-state index contributed by atoms with van der Waals surface area (Å²) in [6.07, 6.45) is 1.03. The average Bonchev–Trinajstić information content (AvgIpc) is 3.00. The lowest BCUT2D eigenvalue weighted by molar-refractivity contribution is 0.0598. The van der Waals surface area contributed by atoms with Crippen molar-refractivity contribution in [1.29, 1.82) is 0 Å². The van der Waals surface area contributed by atoms with Crippen molar-refractivity contribution in [2.45, 2.75) is 9.79 Å². The number of benzene rings is 5. The first-order chi connectivity index (χ1) is 20.8. The maximum absolute atomic E-state index is 13.3. The van der Waals surface area contributed by atoms with E-state index in [1.807, 2.05) is 24.3 Å². The van der Waals surface area contributed by atoms with Crippen LogP contribution < -0.4 is 15.2 Å². The van der Waals surface area contributed by atoms with Crippen LogP contribution in [0.25, 0.3) is 21.9 Å². The molecule has 10 nitrogen and oxygen atoms in total. The number of hydrogen-bond donors (Lipinski definition) is 2. The molecule has 224 valence electrons. The van der Waals surface area contributed by atoms with Crippen LogP contribution in [0.15, 0.2) is 113 Å². The van der Waals surface area contributed by atoms with Gasteiger partial charge in [-0.15, -0.1) is 0 Å². The Bertz CT molecular complexity index is 2140. The van der Waals surface area contributed by atoms with Gasteiger partial charge in [0.05, 0.1) is 22.6 Å². The molecule has 0 spiro atoms. The largest absolute Gasteiger partial charge is 0.465 e. The molecule has 12 heteroatoms. The van der Waals surface area contributed by atoms with E-state index in [1.54, 1.807) is 42.5 Å². The molecule has 0 radical (unpaired) electrons. The smallest absolute Gasteiger partial charge is 0.341 e. The fourth-order valence-electron chi connectivity index (χ4n) is 4.57. The van der Waals surface area contributed by atoms with Gasteiger partial charge in [-0.05, 0) is 64.9 Å². The van der Waals surface area contributed by atoms with Crippen LogP contribution in [0.4, 0.5) is 5.69 Å². The second kappa shape index (κ2) is 11.9. The Hall–Kier alpha value is -5.04. The molecular formula is C32H26N2O8S2. The molecule has 0 heterocycles. The number of hydrogen-bond acceptors (Lipinski definition) is 8. The van der Waals surface area contributed by atoms with E-state index >= 15 is 0 Å². The minimum Gasteiger partial charge on any atom is -0.465 e. The molecule has 44 heavy (non-hydrogen) atoms. The van der Waals surface area contributed by atoms with Crippen LogP contribution >= 0.6 is 0 Å². The van der Waals surface area contributed by atoms with Gasteiger partial charge in [-0.1, -0.05) is 54.6 Å². The number of sulfonamides is 1. The van der Waals surface area contributed by atoms with Gasteiger partial charge in [-0.2, -0.15) is 0 Å². The van der Waals surface area contributed by atoms with Gasteiger partial charge < -0.3 is 14.8 Å². The Morgan fingerprint density at radius 3 is 2.02 bits per heavy atom. The Morgan fingerprint density at radius 1 is 0.750 bits per heavy atom. The van der Waals surface area contributed by atoms with E-state index in [9.17, 15) is 26.4 Å². The molecule has 5 rings (SSSR count). The maximum atomic E-state index is 13.3. The number of carbonyl (C=O) groups excluding carboxylic acids is 2. The van der Waals surface area contributed by atoms with Gasteiger partial charge in [0.2, 0.25) is 10.0 Å². The van der Waals surface area contributed by atoms with Crippen molar-refractivity contribution in [3.8, 4) is 22.6 Å². The summed E-state index contributed by atoms with van der Waals surface area (Å²) in [6.45, 7) is 0. The predicted molar refractivity (Wildman–Crippen MR) is 166 cm³/mol. The van der Waals surface area contributed by atoms with Crippen LogP contribution in [0.2, 0.25) is 0 Å². The fraction of sp³-hybridized carbons (Fsp3) is 0.0625. The molecular weight excluding hydrogens is 604 g/mol. The summed E-state index contributed by atoms with van der Waals surface area (Å²) in [4.78, 5) is 25.8. The Labute approximate surface area is 254 Å². The Balaban J connectivity index is 1.51. The van der Waals surface area contributed by atoms with Gasteiger partial charge >= 0.3 is 5.97 Å². The quantitative estimate of drug-likeness (QED) is 0.216. The number of methoxy groups -OCH3 is 1. The highest BCUT2D eigenvalue weighted by Crippen LogP contribution is 2.36. The van der Waals surface area contributed by atoms with E-state index < -0.39 is 31.7 Å². The molecule has 0 saturated heterocycles. The molecule has 0 aliphatic carbocycles. The minimum atomic E-state index is -3.99. The second-order valence-corrected chi connectivity index (χ2v) is 13.3. The lowest BCUT2D eigenvalue weighted by atomic mass is 10.0. The number of sulfone groups is 1. The summed E-state index contributed by atoms with van der Waals surface area (Å²) < 4.78 is 59.8. The zero-order valence-corrected chi connectivity index (χ0v) is 25.1. The SMILES string of the molecule is COC(=O)c1cc2ccccc2cc1Oc1ccc(S(C)(=O)=O)cc1NC(=O)c1ccc(-c2ccccc2S(N)(=O)=O)cc1. The summed E-state index contributed by atoms with van der Waals surface area (Å²) >= 11 is 0. The third kappa shape index (κ3) is 6.47. The number of esters is 1. The Kier molecular flexibility index (Phi) is 8.24. The topological polar surface area (TPSA) is 159 Å². The number of ether oxygens (including phenoxy) is 2. The lowest BCUT2D eigenvalue weighted by Crippen LogP contribution is -2.14. The van der Waals surface area contributed by atoms with Crippen molar-refractivity contribution < 1.29 is 35.9 Å². The highest BCUT2D eigenvalue weighted by atomic mass is 32.2. The average molecular weight is 631 g/mol. The van der Waals surface area contributed by atoms with Crippen molar-refractivity contribution in [3.63, 3.8) is 0 Å². The van der Waals surface area contributed by atoms with Gasteiger partial charge in [-0.25, -0.2) is 26.8 Å². The van der Waals surface area contributed by atoms with Gasteiger partial charge in [0.15, 0.2) is 15.6 Å². The molecule has 0 saturated carbocycles. The number of rotatable bonds is 8. The number of carbonyl (C=O) groups is 2. The molecule has 0 unspecified atom stereocenters. The Morgan fingerprint density at radius 2 is 1.39 bits per heavy atom. The van der Waals surface area contributed by atoms with E-state index in [-0.39, 0.29) is 38.1 Å². The van der Waals surface area contributed by atoms with E-state index in [2.05, 4.69) is 5.32 Å². The van der Waals surface area contributed by atoms with Gasteiger partial charge in [-0.3, -0.25) is 4.79 Å². The first-order valence-electron chi connectivity index (χ1n) is 13.0. The number of amides is 1. The van der Waals surface area contributed by atoms with Crippen molar-refractivity contribution in [1.82, 2.24) is 0 Å².